The Morgan fingerprint density at radius 2 is 2.14 bits per heavy atom. The van der Waals surface area contributed by atoms with Crippen LogP contribution in [0.2, 0.25) is 0 Å². The fraction of sp³-hybridized carbons (Fsp3) is 0.357. The molecule has 0 amide bonds. The van der Waals surface area contributed by atoms with Crippen molar-refractivity contribution in [2.75, 3.05) is 19.0 Å². The zero-order valence-corrected chi connectivity index (χ0v) is 13.4. The maximum Gasteiger partial charge on any atom is 0.180 e. The third-order valence-electron chi connectivity index (χ3n) is 2.70. The Kier molecular flexibility index (Phi) is 5.58. The van der Waals surface area contributed by atoms with E-state index in [4.69, 9.17) is 4.74 Å². The van der Waals surface area contributed by atoms with Crippen molar-refractivity contribution in [3.8, 4) is 11.5 Å². The molecule has 0 aliphatic rings. The average molecular weight is 355 g/mol. The predicted octanol–water partition coefficient (Wildman–Crippen LogP) is 3.41. The number of anilines is 1. The maximum absolute atomic E-state index is 13.0. The zero-order chi connectivity index (χ0) is 15.2. The number of nitrogens with zero attached hydrogens (tertiary/aromatic N) is 3. The van der Waals surface area contributed by atoms with Crippen molar-refractivity contribution < 1.29 is 9.13 Å². The van der Waals surface area contributed by atoms with Gasteiger partial charge in [-0.3, -0.25) is 0 Å². The Labute approximate surface area is 131 Å². The molecule has 2 aromatic heterocycles. The standard InChI is InChI=1S/C14H16BrFN4O/c1-3-6-17-14-12(15)11(8-21-2)19-13(20-14)10-5-4-9(16)7-18-10/h4-5,7H,3,6,8H2,1-2H3,(H,17,19,20). The Morgan fingerprint density at radius 3 is 2.76 bits per heavy atom. The molecule has 0 radical (unpaired) electrons. The average Bonchev–Trinajstić information content (AvgIpc) is 2.49. The highest BCUT2D eigenvalue weighted by molar-refractivity contribution is 9.10. The van der Waals surface area contributed by atoms with E-state index in [1.54, 1.807) is 13.2 Å². The summed E-state index contributed by atoms with van der Waals surface area (Å²) in [7, 11) is 1.60. The van der Waals surface area contributed by atoms with Gasteiger partial charge in [-0.15, -0.1) is 0 Å². The van der Waals surface area contributed by atoms with E-state index < -0.39 is 5.82 Å². The molecule has 5 nitrogen and oxygen atoms in total. The molecule has 0 saturated carbocycles. The summed E-state index contributed by atoms with van der Waals surface area (Å²) in [5, 5.41) is 3.23. The van der Waals surface area contributed by atoms with E-state index >= 15 is 0 Å². The lowest BCUT2D eigenvalue weighted by atomic mass is 10.3. The Morgan fingerprint density at radius 1 is 1.33 bits per heavy atom. The van der Waals surface area contributed by atoms with E-state index in [-0.39, 0.29) is 0 Å². The molecule has 2 rings (SSSR count). The zero-order valence-electron chi connectivity index (χ0n) is 11.9. The summed E-state index contributed by atoms with van der Waals surface area (Å²) in [6.07, 6.45) is 2.12. The van der Waals surface area contributed by atoms with Crippen LogP contribution >= 0.6 is 15.9 Å². The van der Waals surface area contributed by atoms with Crippen molar-refractivity contribution in [1.82, 2.24) is 15.0 Å². The van der Waals surface area contributed by atoms with Gasteiger partial charge in [-0.05, 0) is 34.5 Å². The van der Waals surface area contributed by atoms with Crippen LogP contribution in [0.3, 0.4) is 0 Å². The molecule has 21 heavy (non-hydrogen) atoms. The van der Waals surface area contributed by atoms with Crippen LogP contribution < -0.4 is 5.32 Å². The number of rotatable bonds is 6. The van der Waals surface area contributed by atoms with Crippen molar-refractivity contribution in [2.24, 2.45) is 0 Å². The second-order valence-electron chi connectivity index (χ2n) is 4.38. The fourth-order valence-electron chi connectivity index (χ4n) is 1.71. The minimum Gasteiger partial charge on any atom is -0.378 e. The summed E-state index contributed by atoms with van der Waals surface area (Å²) < 4.78 is 18.9. The summed E-state index contributed by atoms with van der Waals surface area (Å²) in [5.41, 5.74) is 1.23. The van der Waals surface area contributed by atoms with Crippen molar-refractivity contribution in [2.45, 2.75) is 20.0 Å². The van der Waals surface area contributed by atoms with Crippen LogP contribution in [0, 0.1) is 5.82 Å². The molecule has 0 aliphatic heterocycles. The molecule has 0 aliphatic carbocycles. The number of hydrogen-bond donors (Lipinski definition) is 1. The van der Waals surface area contributed by atoms with Crippen LogP contribution in [0.4, 0.5) is 10.2 Å². The van der Waals surface area contributed by atoms with Crippen molar-refractivity contribution >= 4 is 21.7 Å². The number of aromatic nitrogens is 3. The van der Waals surface area contributed by atoms with E-state index in [2.05, 4.69) is 43.1 Å². The lowest BCUT2D eigenvalue weighted by Gasteiger charge is -2.12. The molecule has 2 heterocycles. The van der Waals surface area contributed by atoms with Gasteiger partial charge in [0, 0.05) is 13.7 Å². The van der Waals surface area contributed by atoms with E-state index in [9.17, 15) is 4.39 Å². The predicted molar refractivity (Wildman–Crippen MR) is 82.4 cm³/mol. The third kappa shape index (κ3) is 3.95. The van der Waals surface area contributed by atoms with Crippen molar-refractivity contribution in [1.29, 1.82) is 0 Å². The molecule has 0 bridgehead atoms. The first-order valence-electron chi connectivity index (χ1n) is 6.56. The molecule has 0 fully saturated rings. The van der Waals surface area contributed by atoms with E-state index in [0.717, 1.165) is 23.6 Å². The van der Waals surface area contributed by atoms with Gasteiger partial charge in [-0.1, -0.05) is 6.92 Å². The van der Waals surface area contributed by atoms with Crippen LogP contribution in [0.5, 0.6) is 0 Å². The van der Waals surface area contributed by atoms with Gasteiger partial charge >= 0.3 is 0 Å². The summed E-state index contributed by atoms with van der Waals surface area (Å²) in [4.78, 5) is 12.9. The van der Waals surface area contributed by atoms with Crippen LogP contribution in [0.1, 0.15) is 19.0 Å². The lowest BCUT2D eigenvalue weighted by Crippen LogP contribution is -2.08. The maximum atomic E-state index is 13.0. The topological polar surface area (TPSA) is 59.9 Å². The van der Waals surface area contributed by atoms with Crippen LogP contribution in [0.15, 0.2) is 22.8 Å². The fourth-order valence-corrected chi connectivity index (χ4v) is 2.14. The quantitative estimate of drug-likeness (QED) is 0.861. The van der Waals surface area contributed by atoms with Gasteiger partial charge in [-0.2, -0.15) is 0 Å². The Balaban J connectivity index is 2.44. The minimum absolute atomic E-state index is 0.345. The van der Waals surface area contributed by atoms with Gasteiger partial charge in [0.1, 0.15) is 17.3 Å². The number of halogens is 2. The van der Waals surface area contributed by atoms with Gasteiger partial charge in [0.2, 0.25) is 0 Å². The molecule has 0 aromatic carbocycles. The molecule has 0 spiro atoms. The molecule has 2 aromatic rings. The second kappa shape index (κ2) is 7.42. The number of nitrogens with one attached hydrogen (secondary N) is 1. The highest BCUT2D eigenvalue weighted by atomic mass is 79.9. The largest absolute Gasteiger partial charge is 0.378 e. The van der Waals surface area contributed by atoms with Crippen molar-refractivity contribution in [3.05, 3.63) is 34.3 Å². The summed E-state index contributed by atoms with van der Waals surface area (Å²) >= 11 is 3.48. The second-order valence-corrected chi connectivity index (χ2v) is 5.17. The van der Waals surface area contributed by atoms with E-state index in [1.165, 1.54) is 6.07 Å². The molecule has 0 saturated heterocycles. The number of ether oxygens (including phenoxy) is 1. The van der Waals surface area contributed by atoms with Gasteiger partial charge in [0.25, 0.3) is 0 Å². The monoisotopic (exact) mass is 354 g/mol. The first-order valence-corrected chi connectivity index (χ1v) is 7.36. The van der Waals surface area contributed by atoms with Crippen molar-refractivity contribution in [3.63, 3.8) is 0 Å². The molecule has 7 heteroatoms. The lowest BCUT2D eigenvalue weighted by molar-refractivity contribution is 0.181. The number of pyridine rings is 1. The first kappa shape index (κ1) is 15.8. The molecule has 0 atom stereocenters. The normalized spacial score (nSPS) is 10.7. The SMILES string of the molecule is CCCNc1nc(-c2ccc(F)cn2)nc(COC)c1Br. The van der Waals surface area contributed by atoms with Gasteiger partial charge < -0.3 is 10.1 Å². The summed E-state index contributed by atoms with van der Waals surface area (Å²) in [6, 6.07) is 2.89. The number of methoxy groups -OCH3 is 1. The smallest absolute Gasteiger partial charge is 0.180 e. The van der Waals surface area contributed by atoms with Crippen LogP contribution in [0.25, 0.3) is 11.5 Å². The van der Waals surface area contributed by atoms with E-state index in [0.29, 0.717) is 29.6 Å². The number of hydrogen-bond acceptors (Lipinski definition) is 5. The molecule has 112 valence electrons. The van der Waals surface area contributed by atoms with Crippen LogP contribution in [-0.4, -0.2) is 28.6 Å². The molecular formula is C14H16BrFN4O. The summed E-state index contributed by atoms with van der Waals surface area (Å²) in [5.74, 6) is 0.723. The Bertz CT molecular complexity index is 607. The molecule has 0 unspecified atom stereocenters. The summed E-state index contributed by atoms with van der Waals surface area (Å²) in [6.45, 7) is 3.21. The van der Waals surface area contributed by atoms with Crippen LogP contribution in [-0.2, 0) is 11.3 Å². The third-order valence-corrected chi connectivity index (χ3v) is 3.53. The van der Waals surface area contributed by atoms with Gasteiger partial charge in [0.05, 0.1) is 23.0 Å². The minimum atomic E-state index is -0.391. The molecule has 1 N–H and O–H groups in total. The van der Waals surface area contributed by atoms with Gasteiger partial charge in [-0.25, -0.2) is 19.3 Å². The first-order chi connectivity index (χ1) is 10.2. The highest BCUT2D eigenvalue weighted by Gasteiger charge is 2.14. The highest BCUT2D eigenvalue weighted by Crippen LogP contribution is 2.27. The molecular weight excluding hydrogens is 339 g/mol. The Hall–Kier alpha value is -1.60. The van der Waals surface area contributed by atoms with Gasteiger partial charge in [0.15, 0.2) is 5.82 Å². The van der Waals surface area contributed by atoms with E-state index in [1.807, 2.05) is 0 Å².